The van der Waals surface area contributed by atoms with Crippen molar-refractivity contribution in [3.8, 4) is 0 Å². The monoisotopic (exact) mass is 297 g/mol. The van der Waals surface area contributed by atoms with E-state index in [0.717, 1.165) is 16.6 Å². The fourth-order valence-corrected chi connectivity index (χ4v) is 3.35. The number of benzene rings is 1. The van der Waals surface area contributed by atoms with E-state index in [1.54, 1.807) is 0 Å². The van der Waals surface area contributed by atoms with Crippen LogP contribution in [0, 0.1) is 0 Å². The zero-order chi connectivity index (χ0) is 14.9. The first-order chi connectivity index (χ1) is 9.24. The first kappa shape index (κ1) is 14.8. The lowest BCUT2D eigenvalue weighted by Crippen LogP contribution is -2.34. The summed E-state index contributed by atoms with van der Waals surface area (Å²) in [4.78, 5) is 16.6. The second kappa shape index (κ2) is 5.41. The predicted octanol–water partition coefficient (Wildman–Crippen LogP) is 0.940. The van der Waals surface area contributed by atoms with Gasteiger partial charge in [0, 0.05) is 18.3 Å². The third-order valence-corrected chi connectivity index (χ3v) is 4.23. The number of hydrogen-bond donors (Lipinski definition) is 3. The van der Waals surface area contributed by atoms with Crippen molar-refractivity contribution in [3.05, 3.63) is 34.2 Å². The second-order valence-electron chi connectivity index (χ2n) is 5.27. The number of hydrogen-bond acceptors (Lipinski definition) is 4. The summed E-state index contributed by atoms with van der Waals surface area (Å²) in [6.45, 7) is 3.80. The molecule has 3 N–H and O–H groups in total. The number of nitrogens with one attached hydrogen (secondary N) is 3. The number of sulfone groups is 1. The van der Waals surface area contributed by atoms with Gasteiger partial charge in [-0.2, -0.15) is 0 Å². The van der Waals surface area contributed by atoms with Crippen LogP contribution >= 0.6 is 0 Å². The Balaban J connectivity index is 2.14. The van der Waals surface area contributed by atoms with Crippen molar-refractivity contribution in [3.63, 3.8) is 0 Å². The fraction of sp³-hybridized carbons (Fsp3) is 0.462. The van der Waals surface area contributed by atoms with Crippen molar-refractivity contribution in [2.45, 2.75) is 25.9 Å². The van der Waals surface area contributed by atoms with Crippen LogP contribution in [0.2, 0.25) is 0 Å². The Labute approximate surface area is 117 Å². The van der Waals surface area contributed by atoms with Crippen LogP contribution in [0.5, 0.6) is 0 Å². The number of imidazole rings is 1. The number of rotatable bonds is 5. The lowest BCUT2D eigenvalue weighted by molar-refractivity contribution is 0.501. The maximum absolute atomic E-state index is 11.3. The topological polar surface area (TPSA) is 94.8 Å². The number of aromatic amines is 2. The van der Waals surface area contributed by atoms with Gasteiger partial charge in [-0.15, -0.1) is 0 Å². The largest absolute Gasteiger partial charge is 0.323 e. The van der Waals surface area contributed by atoms with Gasteiger partial charge < -0.3 is 15.3 Å². The zero-order valence-electron chi connectivity index (χ0n) is 11.7. The highest BCUT2D eigenvalue weighted by Gasteiger charge is 2.14. The van der Waals surface area contributed by atoms with Gasteiger partial charge >= 0.3 is 5.69 Å². The molecule has 2 unspecified atom stereocenters. The van der Waals surface area contributed by atoms with Crippen LogP contribution in [0.3, 0.4) is 0 Å². The average Bonchev–Trinajstić information content (AvgIpc) is 2.64. The summed E-state index contributed by atoms with van der Waals surface area (Å²) >= 11 is 0. The van der Waals surface area contributed by atoms with Gasteiger partial charge in [0.25, 0.3) is 0 Å². The van der Waals surface area contributed by atoms with Gasteiger partial charge in [-0.3, -0.25) is 0 Å². The molecular weight excluding hydrogens is 278 g/mol. The zero-order valence-corrected chi connectivity index (χ0v) is 12.5. The first-order valence-electron chi connectivity index (χ1n) is 6.40. The van der Waals surface area contributed by atoms with Crippen molar-refractivity contribution in [2.75, 3.05) is 12.0 Å². The van der Waals surface area contributed by atoms with E-state index in [4.69, 9.17) is 0 Å². The Bertz CT molecular complexity index is 761. The molecule has 0 aliphatic heterocycles. The fourth-order valence-electron chi connectivity index (χ4n) is 2.34. The maximum Gasteiger partial charge on any atom is 0.323 e. The van der Waals surface area contributed by atoms with Gasteiger partial charge in [0.2, 0.25) is 0 Å². The molecule has 2 rings (SSSR count). The molecule has 6 nitrogen and oxygen atoms in total. The van der Waals surface area contributed by atoms with Gasteiger partial charge in [0.15, 0.2) is 0 Å². The maximum atomic E-state index is 11.3. The smallest absolute Gasteiger partial charge is 0.307 e. The Kier molecular flexibility index (Phi) is 4.01. The van der Waals surface area contributed by atoms with E-state index in [1.165, 1.54) is 6.26 Å². The van der Waals surface area contributed by atoms with Crippen molar-refractivity contribution < 1.29 is 8.42 Å². The summed E-state index contributed by atoms with van der Waals surface area (Å²) in [5, 5.41) is 3.24. The molecule has 0 amide bonds. The molecule has 110 valence electrons. The lowest BCUT2D eigenvalue weighted by atomic mass is 10.1. The van der Waals surface area contributed by atoms with Crippen molar-refractivity contribution >= 4 is 20.9 Å². The van der Waals surface area contributed by atoms with Crippen LogP contribution in [-0.4, -0.2) is 36.4 Å². The van der Waals surface area contributed by atoms with Gasteiger partial charge in [0.05, 0.1) is 16.8 Å². The summed E-state index contributed by atoms with van der Waals surface area (Å²) in [5.41, 5.74) is 2.27. The molecular formula is C13H19N3O3S. The number of fused-ring (bicyclic) bond motifs is 1. The van der Waals surface area contributed by atoms with Gasteiger partial charge in [-0.1, -0.05) is 6.07 Å². The van der Waals surface area contributed by atoms with E-state index in [-0.39, 0.29) is 23.5 Å². The van der Waals surface area contributed by atoms with Crippen LogP contribution in [0.4, 0.5) is 0 Å². The van der Waals surface area contributed by atoms with Gasteiger partial charge in [-0.25, -0.2) is 13.2 Å². The molecule has 0 saturated carbocycles. The van der Waals surface area contributed by atoms with Crippen molar-refractivity contribution in [1.82, 2.24) is 15.3 Å². The molecule has 1 aromatic heterocycles. The Morgan fingerprint density at radius 1 is 1.20 bits per heavy atom. The lowest BCUT2D eigenvalue weighted by Gasteiger charge is -2.19. The molecule has 0 fully saturated rings. The average molecular weight is 297 g/mol. The summed E-state index contributed by atoms with van der Waals surface area (Å²) in [5.74, 6) is 0.0978. The Morgan fingerprint density at radius 2 is 1.85 bits per heavy atom. The quantitative estimate of drug-likeness (QED) is 0.765. The molecule has 0 saturated heterocycles. The van der Waals surface area contributed by atoms with Crippen LogP contribution < -0.4 is 11.0 Å². The highest BCUT2D eigenvalue weighted by atomic mass is 32.2. The van der Waals surface area contributed by atoms with E-state index in [1.807, 2.05) is 32.0 Å². The van der Waals surface area contributed by atoms with E-state index >= 15 is 0 Å². The molecule has 0 radical (unpaired) electrons. The Hall–Kier alpha value is -1.60. The third kappa shape index (κ3) is 3.71. The Morgan fingerprint density at radius 3 is 2.50 bits per heavy atom. The number of aromatic nitrogens is 2. The minimum Gasteiger partial charge on any atom is -0.307 e. The SMILES string of the molecule is CC(CS(C)(=O)=O)NC(C)c1ccc2[nH]c(=O)[nH]c2c1. The summed E-state index contributed by atoms with van der Waals surface area (Å²) in [7, 11) is -3.00. The van der Waals surface area contributed by atoms with Crippen LogP contribution in [0.15, 0.2) is 23.0 Å². The highest BCUT2D eigenvalue weighted by Crippen LogP contribution is 2.17. The minimum atomic E-state index is -3.00. The molecule has 0 spiro atoms. The molecule has 0 aliphatic carbocycles. The highest BCUT2D eigenvalue weighted by molar-refractivity contribution is 7.90. The third-order valence-electron chi connectivity index (χ3n) is 3.13. The molecule has 1 heterocycles. The molecule has 2 aromatic rings. The van der Waals surface area contributed by atoms with Gasteiger partial charge in [0.1, 0.15) is 9.84 Å². The standard InChI is InChI=1S/C13H19N3O3S/c1-8(7-20(3,18)19)14-9(2)10-4-5-11-12(6-10)16-13(17)15-11/h4-6,8-9,14H,7H2,1-3H3,(H2,15,16,17). The normalized spacial score (nSPS) is 15.3. The van der Waals surface area contributed by atoms with E-state index in [9.17, 15) is 13.2 Å². The second-order valence-corrected chi connectivity index (χ2v) is 7.45. The van der Waals surface area contributed by atoms with E-state index < -0.39 is 9.84 Å². The summed E-state index contributed by atoms with van der Waals surface area (Å²) in [6, 6.07) is 5.49. The van der Waals surface area contributed by atoms with Crippen molar-refractivity contribution in [1.29, 1.82) is 0 Å². The van der Waals surface area contributed by atoms with Crippen LogP contribution in [0.25, 0.3) is 11.0 Å². The van der Waals surface area contributed by atoms with Crippen LogP contribution in [0.1, 0.15) is 25.5 Å². The van der Waals surface area contributed by atoms with Crippen LogP contribution in [-0.2, 0) is 9.84 Å². The summed E-state index contributed by atoms with van der Waals surface area (Å²) < 4.78 is 22.5. The molecule has 1 aromatic carbocycles. The van der Waals surface area contributed by atoms with E-state index in [2.05, 4.69) is 15.3 Å². The molecule has 0 bridgehead atoms. The molecule has 2 atom stereocenters. The molecule has 0 aliphatic rings. The van der Waals surface area contributed by atoms with E-state index in [0.29, 0.717) is 0 Å². The predicted molar refractivity (Wildman–Crippen MR) is 79.6 cm³/mol. The summed E-state index contributed by atoms with van der Waals surface area (Å²) in [6.07, 6.45) is 1.23. The minimum absolute atomic E-state index is 0.00504. The molecule has 20 heavy (non-hydrogen) atoms. The van der Waals surface area contributed by atoms with Gasteiger partial charge in [-0.05, 0) is 31.5 Å². The van der Waals surface area contributed by atoms with Crippen molar-refractivity contribution in [2.24, 2.45) is 0 Å². The first-order valence-corrected chi connectivity index (χ1v) is 8.46. The number of H-pyrrole nitrogens is 2. The molecule has 7 heteroatoms.